The molecule has 1 heterocycles. The molecule has 0 fully saturated rings. The molecule has 8 nitrogen and oxygen atoms in total. The summed E-state index contributed by atoms with van der Waals surface area (Å²) in [5, 5.41) is 9.09. The molecule has 9 heteroatoms. The van der Waals surface area contributed by atoms with E-state index in [1.54, 1.807) is 37.4 Å². The van der Waals surface area contributed by atoms with Crippen molar-refractivity contribution >= 4 is 41.8 Å². The van der Waals surface area contributed by atoms with E-state index in [2.05, 4.69) is 20.9 Å². The van der Waals surface area contributed by atoms with Crippen LogP contribution in [-0.2, 0) is 17.8 Å². The number of guanidine groups is 1. The highest BCUT2D eigenvalue weighted by Gasteiger charge is 2.08. The summed E-state index contributed by atoms with van der Waals surface area (Å²) >= 11 is 0. The average molecular weight is 527 g/mol. The van der Waals surface area contributed by atoms with E-state index < -0.39 is 0 Å². The second-order valence-electron chi connectivity index (χ2n) is 6.63. The highest BCUT2D eigenvalue weighted by Crippen LogP contribution is 2.07. The monoisotopic (exact) mass is 527 g/mol. The minimum Gasteiger partial charge on any atom is -0.467 e. The van der Waals surface area contributed by atoms with Gasteiger partial charge in [0.2, 0.25) is 5.91 Å². The van der Waals surface area contributed by atoms with Gasteiger partial charge in [-0.05, 0) is 43.2 Å². The molecule has 30 heavy (non-hydrogen) atoms. The van der Waals surface area contributed by atoms with Gasteiger partial charge in [0.05, 0.1) is 12.8 Å². The van der Waals surface area contributed by atoms with Crippen molar-refractivity contribution in [3.05, 3.63) is 59.5 Å². The van der Waals surface area contributed by atoms with Crippen LogP contribution in [-0.4, -0.2) is 56.4 Å². The molecule has 0 atom stereocenters. The van der Waals surface area contributed by atoms with Crippen LogP contribution in [0.5, 0.6) is 0 Å². The fourth-order valence-corrected chi connectivity index (χ4v) is 2.59. The highest BCUT2D eigenvalue weighted by molar-refractivity contribution is 14.0. The Balaban J connectivity index is 0.00000450. The molecule has 0 spiro atoms. The van der Waals surface area contributed by atoms with Crippen molar-refractivity contribution in [2.45, 2.75) is 19.9 Å². The fourth-order valence-electron chi connectivity index (χ4n) is 2.59. The van der Waals surface area contributed by atoms with Crippen LogP contribution in [0, 0.1) is 0 Å². The maximum absolute atomic E-state index is 12.1. The van der Waals surface area contributed by atoms with Gasteiger partial charge < -0.3 is 25.3 Å². The number of carbonyl (C=O) groups excluding carboxylic acids is 2. The van der Waals surface area contributed by atoms with Gasteiger partial charge in [0, 0.05) is 32.7 Å². The van der Waals surface area contributed by atoms with Gasteiger partial charge in [-0.2, -0.15) is 0 Å². The zero-order valence-electron chi connectivity index (χ0n) is 17.6. The molecule has 3 N–H and O–H groups in total. The van der Waals surface area contributed by atoms with E-state index in [-0.39, 0.29) is 42.3 Å². The van der Waals surface area contributed by atoms with Crippen molar-refractivity contribution in [1.82, 2.24) is 20.9 Å². The summed E-state index contributed by atoms with van der Waals surface area (Å²) in [6.07, 6.45) is 2.29. The first-order valence-electron chi connectivity index (χ1n) is 9.61. The van der Waals surface area contributed by atoms with Crippen LogP contribution in [0.3, 0.4) is 0 Å². The number of hydrogen-bond acceptors (Lipinski definition) is 4. The molecule has 0 bridgehead atoms. The Morgan fingerprint density at radius 1 is 1.10 bits per heavy atom. The number of benzene rings is 1. The van der Waals surface area contributed by atoms with Crippen LogP contribution < -0.4 is 16.0 Å². The fraction of sp³-hybridized carbons (Fsp3) is 0.381. The SMILES string of the molecule is CCNC(=NCC(=O)NCc1ccco1)NCCc1cccc(C(=O)N(C)C)c1.I. The van der Waals surface area contributed by atoms with Crippen molar-refractivity contribution in [1.29, 1.82) is 0 Å². The molecular weight excluding hydrogens is 497 g/mol. The van der Waals surface area contributed by atoms with Crippen LogP contribution >= 0.6 is 24.0 Å². The first kappa shape index (κ1) is 25.5. The first-order chi connectivity index (χ1) is 14.0. The third-order valence-corrected chi connectivity index (χ3v) is 4.05. The smallest absolute Gasteiger partial charge is 0.253 e. The number of carbonyl (C=O) groups is 2. The van der Waals surface area contributed by atoms with Gasteiger partial charge in [0.1, 0.15) is 12.3 Å². The first-order valence-corrected chi connectivity index (χ1v) is 9.61. The molecule has 2 rings (SSSR count). The molecule has 2 amide bonds. The quantitative estimate of drug-likeness (QED) is 0.263. The molecule has 164 valence electrons. The predicted molar refractivity (Wildman–Crippen MR) is 128 cm³/mol. The number of nitrogens with zero attached hydrogens (tertiary/aromatic N) is 2. The summed E-state index contributed by atoms with van der Waals surface area (Å²) < 4.78 is 5.18. The van der Waals surface area contributed by atoms with Gasteiger partial charge in [-0.1, -0.05) is 12.1 Å². The number of rotatable bonds is 9. The van der Waals surface area contributed by atoms with Crippen LogP contribution in [0.2, 0.25) is 0 Å². The summed E-state index contributed by atoms with van der Waals surface area (Å²) in [6, 6.07) is 11.2. The molecule has 0 aliphatic rings. The zero-order valence-corrected chi connectivity index (χ0v) is 19.9. The van der Waals surface area contributed by atoms with E-state index in [4.69, 9.17) is 4.42 Å². The summed E-state index contributed by atoms with van der Waals surface area (Å²) in [6.45, 7) is 3.63. The van der Waals surface area contributed by atoms with Crippen molar-refractivity contribution in [2.75, 3.05) is 33.7 Å². The Labute approximate surface area is 194 Å². The maximum atomic E-state index is 12.1. The molecule has 2 aromatic rings. The normalized spacial score (nSPS) is 10.7. The lowest BCUT2D eigenvalue weighted by molar-refractivity contribution is -0.119. The molecule has 1 aromatic heterocycles. The predicted octanol–water partition coefficient (Wildman–Crippen LogP) is 2.01. The number of aliphatic imine (C=N–C) groups is 1. The third kappa shape index (κ3) is 8.85. The van der Waals surface area contributed by atoms with Gasteiger partial charge in [-0.15, -0.1) is 24.0 Å². The Bertz CT molecular complexity index is 822. The molecule has 0 unspecified atom stereocenters. The Morgan fingerprint density at radius 2 is 1.90 bits per heavy atom. The van der Waals surface area contributed by atoms with Crippen LogP contribution in [0.1, 0.15) is 28.6 Å². The van der Waals surface area contributed by atoms with Crippen molar-refractivity contribution in [3.63, 3.8) is 0 Å². The van der Waals surface area contributed by atoms with Gasteiger partial charge >= 0.3 is 0 Å². The van der Waals surface area contributed by atoms with E-state index in [1.165, 1.54) is 0 Å². The van der Waals surface area contributed by atoms with Crippen molar-refractivity contribution in [2.24, 2.45) is 4.99 Å². The number of nitrogens with one attached hydrogen (secondary N) is 3. The molecule has 0 aliphatic carbocycles. The van der Waals surface area contributed by atoms with Crippen molar-refractivity contribution < 1.29 is 14.0 Å². The molecule has 1 aromatic carbocycles. The number of furan rings is 1. The van der Waals surface area contributed by atoms with E-state index in [1.807, 2.05) is 31.2 Å². The topological polar surface area (TPSA) is 99.0 Å². The molecule has 0 radical (unpaired) electrons. The standard InChI is InChI=1S/C21H29N5O3.HI/c1-4-22-21(25-15-19(27)24-14-18-9-6-12-29-18)23-11-10-16-7-5-8-17(13-16)20(28)26(2)3;/h5-9,12-13H,4,10-11,14-15H2,1-3H3,(H,24,27)(H2,22,23,25);1H. The second kappa shape index (κ2) is 13.6. The van der Waals surface area contributed by atoms with E-state index in [0.717, 1.165) is 12.0 Å². The highest BCUT2D eigenvalue weighted by atomic mass is 127. The number of hydrogen-bond donors (Lipinski definition) is 3. The van der Waals surface area contributed by atoms with Crippen LogP contribution in [0.4, 0.5) is 0 Å². The van der Waals surface area contributed by atoms with Gasteiger partial charge in [0.25, 0.3) is 5.91 Å². The maximum Gasteiger partial charge on any atom is 0.253 e. The molecule has 0 saturated carbocycles. The number of halogens is 1. The summed E-state index contributed by atoms with van der Waals surface area (Å²) in [4.78, 5) is 29.9. The Kier molecular flexibility index (Phi) is 11.6. The minimum atomic E-state index is -0.187. The van der Waals surface area contributed by atoms with Gasteiger partial charge in [-0.3, -0.25) is 9.59 Å². The Morgan fingerprint density at radius 3 is 2.57 bits per heavy atom. The average Bonchev–Trinajstić information content (AvgIpc) is 3.23. The summed E-state index contributed by atoms with van der Waals surface area (Å²) in [7, 11) is 3.47. The minimum absolute atomic E-state index is 0. The lowest BCUT2D eigenvalue weighted by Gasteiger charge is -2.13. The second-order valence-corrected chi connectivity index (χ2v) is 6.63. The summed E-state index contributed by atoms with van der Waals surface area (Å²) in [5.41, 5.74) is 1.72. The number of amides is 2. The lowest BCUT2D eigenvalue weighted by Crippen LogP contribution is -2.39. The van der Waals surface area contributed by atoms with Crippen LogP contribution in [0.25, 0.3) is 0 Å². The van der Waals surface area contributed by atoms with E-state index in [0.29, 0.717) is 36.9 Å². The van der Waals surface area contributed by atoms with Crippen molar-refractivity contribution in [3.8, 4) is 0 Å². The lowest BCUT2D eigenvalue weighted by atomic mass is 10.1. The van der Waals surface area contributed by atoms with Gasteiger partial charge in [0.15, 0.2) is 5.96 Å². The molecular formula is C21H30IN5O3. The largest absolute Gasteiger partial charge is 0.467 e. The van der Waals surface area contributed by atoms with E-state index in [9.17, 15) is 9.59 Å². The molecule has 0 aliphatic heterocycles. The van der Waals surface area contributed by atoms with Gasteiger partial charge in [-0.25, -0.2) is 4.99 Å². The van der Waals surface area contributed by atoms with E-state index >= 15 is 0 Å². The summed E-state index contributed by atoms with van der Waals surface area (Å²) in [5.74, 6) is 1.06. The zero-order chi connectivity index (χ0) is 21.1. The third-order valence-electron chi connectivity index (χ3n) is 4.05. The van der Waals surface area contributed by atoms with Crippen LogP contribution in [0.15, 0.2) is 52.1 Å². The molecule has 0 saturated heterocycles. The Hall–Kier alpha value is -2.56.